The van der Waals surface area contributed by atoms with Gasteiger partial charge in [-0.05, 0) is 93.1 Å². The maximum atomic E-state index is 16.4. The summed E-state index contributed by atoms with van der Waals surface area (Å²) < 4.78 is 35.1. The van der Waals surface area contributed by atoms with Crippen molar-refractivity contribution in [3.8, 4) is 23.0 Å². The van der Waals surface area contributed by atoms with Crippen molar-refractivity contribution in [2.45, 2.75) is 81.2 Å². The molecule has 2 N–H and O–H groups in total. The average molecular weight is 841 g/mol. The minimum absolute atomic E-state index is 0.0659. The van der Waals surface area contributed by atoms with Gasteiger partial charge < -0.3 is 34.0 Å². The molecule has 62 heavy (non-hydrogen) atoms. The lowest BCUT2D eigenvalue weighted by Crippen LogP contribution is -2.52. The molecule has 11 rings (SSSR count). The summed E-state index contributed by atoms with van der Waals surface area (Å²) >= 11 is 0. The Kier molecular flexibility index (Phi) is 9.51. The highest BCUT2D eigenvalue weighted by atomic mass is 19.1. The first-order chi connectivity index (χ1) is 30.1. The maximum Gasteiger partial charge on any atom is 0.255 e. The Balaban J connectivity index is 0.713. The number of likely N-dealkylation sites (tertiary alicyclic amines) is 1. The van der Waals surface area contributed by atoms with Crippen LogP contribution in [0.25, 0.3) is 0 Å². The Hall–Kier alpha value is -5.62. The van der Waals surface area contributed by atoms with Crippen molar-refractivity contribution in [2.24, 2.45) is 11.3 Å². The molecule has 4 fully saturated rings. The Morgan fingerprint density at radius 3 is 2.45 bits per heavy atom. The standard InChI is InChI=1S/C50H53FN4O7/c1-60-42-23-41(39(51)22-35(42)45-34-8-7-32(56)21-43(34)61-28-37(45)31-5-3-2-4-6-31)54-19-13-49(14-20-54)24-30(25-49)26-53-17-15-50(16-18-53)29-62-46-36-27-55(40-11-12-44(57)52-47(40)58)48(59)33(36)9-10-38(46)50/h2-10,21-23,30,37,40,45,56H,11-20,24-29H2,1H3,(H,52,57,58)/t37-,40?,45+/m0/s1. The van der Waals surface area contributed by atoms with Gasteiger partial charge in [-0.25, -0.2) is 4.39 Å². The number of phenols is 1. The Morgan fingerprint density at radius 1 is 0.903 bits per heavy atom. The van der Waals surface area contributed by atoms with E-state index in [-0.39, 0.29) is 47.1 Å². The van der Waals surface area contributed by atoms with Crippen LogP contribution < -0.4 is 24.4 Å². The number of amides is 3. The summed E-state index contributed by atoms with van der Waals surface area (Å²) in [5.41, 5.74) is 6.29. The van der Waals surface area contributed by atoms with Crippen LogP contribution in [0.3, 0.4) is 0 Å². The number of nitrogens with one attached hydrogen (secondary N) is 1. The van der Waals surface area contributed by atoms with Gasteiger partial charge in [0.15, 0.2) is 0 Å². The highest BCUT2D eigenvalue weighted by Gasteiger charge is 2.50. The normalized spacial score (nSPS) is 25.1. The van der Waals surface area contributed by atoms with Gasteiger partial charge in [0.25, 0.3) is 5.91 Å². The molecule has 11 nitrogen and oxygen atoms in total. The van der Waals surface area contributed by atoms with Crippen LogP contribution in [0.2, 0.25) is 0 Å². The van der Waals surface area contributed by atoms with Gasteiger partial charge in [-0.1, -0.05) is 42.5 Å². The molecule has 6 aliphatic heterocycles. The van der Waals surface area contributed by atoms with Gasteiger partial charge in [0.2, 0.25) is 11.8 Å². The zero-order valence-electron chi connectivity index (χ0n) is 35.2. The van der Waals surface area contributed by atoms with Gasteiger partial charge in [0, 0.05) is 83.3 Å². The fraction of sp³-hybridized carbons (Fsp3) is 0.460. The lowest BCUT2D eigenvalue weighted by Gasteiger charge is -2.54. The molecular formula is C50H53FN4O7. The number of piperidine rings is 3. The molecule has 7 aliphatic rings. The van der Waals surface area contributed by atoms with E-state index in [0.717, 1.165) is 86.4 Å². The minimum atomic E-state index is -0.639. The number of aromatic hydroxyl groups is 1. The van der Waals surface area contributed by atoms with E-state index in [4.69, 9.17) is 14.2 Å². The summed E-state index contributed by atoms with van der Waals surface area (Å²) in [4.78, 5) is 44.2. The molecular weight excluding hydrogens is 788 g/mol. The largest absolute Gasteiger partial charge is 0.508 e. The summed E-state index contributed by atoms with van der Waals surface area (Å²) in [7, 11) is 1.66. The third-order valence-electron chi connectivity index (χ3n) is 15.7. The Morgan fingerprint density at radius 2 is 1.69 bits per heavy atom. The lowest BCUT2D eigenvalue weighted by molar-refractivity contribution is -0.136. The van der Waals surface area contributed by atoms with Crippen LogP contribution in [0.15, 0.2) is 72.8 Å². The van der Waals surface area contributed by atoms with E-state index in [2.05, 4.69) is 33.3 Å². The van der Waals surface area contributed by atoms with Crippen LogP contribution in [-0.4, -0.2) is 91.7 Å². The molecule has 3 atom stereocenters. The van der Waals surface area contributed by atoms with Crippen molar-refractivity contribution < 1.29 is 38.1 Å². The first-order valence-electron chi connectivity index (χ1n) is 22.4. The highest BCUT2D eigenvalue weighted by Crippen LogP contribution is 2.55. The summed E-state index contributed by atoms with van der Waals surface area (Å²) in [5.74, 6) is 1.50. The lowest BCUT2D eigenvalue weighted by atomic mass is 9.57. The summed E-state index contributed by atoms with van der Waals surface area (Å²) in [5, 5.41) is 12.6. The number of nitrogens with zero attached hydrogens (tertiary/aromatic N) is 3. The molecule has 12 heteroatoms. The van der Waals surface area contributed by atoms with E-state index in [9.17, 15) is 19.5 Å². The monoisotopic (exact) mass is 840 g/mol. The number of phenolic OH excluding ortho intramolecular Hbond substituents is 1. The predicted octanol–water partition coefficient (Wildman–Crippen LogP) is 7.03. The Labute approximate surface area is 361 Å². The van der Waals surface area contributed by atoms with Crippen molar-refractivity contribution in [3.05, 3.63) is 112 Å². The molecule has 0 aromatic heterocycles. The first kappa shape index (κ1) is 39.2. The molecule has 0 radical (unpaired) electrons. The van der Waals surface area contributed by atoms with Crippen LogP contribution in [0.5, 0.6) is 23.0 Å². The summed E-state index contributed by atoms with van der Waals surface area (Å²) in [6.07, 6.45) is 7.10. The van der Waals surface area contributed by atoms with Crippen LogP contribution in [-0.2, 0) is 21.5 Å². The van der Waals surface area contributed by atoms with E-state index in [0.29, 0.717) is 60.3 Å². The number of imide groups is 1. The van der Waals surface area contributed by atoms with Crippen LogP contribution in [0, 0.1) is 17.2 Å². The second-order valence-corrected chi connectivity index (χ2v) is 19.1. The number of methoxy groups -OCH3 is 1. The van der Waals surface area contributed by atoms with Crippen LogP contribution in [0.1, 0.15) is 101 Å². The van der Waals surface area contributed by atoms with Crippen molar-refractivity contribution in [1.29, 1.82) is 0 Å². The van der Waals surface area contributed by atoms with Crippen molar-refractivity contribution >= 4 is 23.4 Å². The number of carbonyl (C=O) groups excluding carboxylic acids is 3. The van der Waals surface area contributed by atoms with E-state index in [1.807, 2.05) is 36.4 Å². The maximum absolute atomic E-state index is 16.4. The topological polar surface area (TPSA) is 121 Å². The molecule has 2 spiro atoms. The van der Waals surface area contributed by atoms with Gasteiger partial charge in [-0.3, -0.25) is 19.7 Å². The number of halogens is 1. The SMILES string of the molecule is COc1cc(N2CCC3(CC2)CC(CN2CCC4(CC2)COc2c4ccc4c2CN(C2CCC(=O)NC2=O)C4=O)C3)c(F)cc1[C@H]1c2ccc(O)cc2OC[C@H]1c1ccccc1. The molecule has 3 saturated heterocycles. The zero-order valence-corrected chi connectivity index (χ0v) is 35.2. The number of rotatable bonds is 7. The molecule has 1 aliphatic carbocycles. The highest BCUT2D eigenvalue weighted by molar-refractivity contribution is 6.05. The van der Waals surface area contributed by atoms with Gasteiger partial charge in [0.05, 0.1) is 32.6 Å². The number of hydrogen-bond acceptors (Lipinski definition) is 9. The second-order valence-electron chi connectivity index (χ2n) is 19.1. The number of fused-ring (bicyclic) bond motifs is 5. The number of hydrogen-bond donors (Lipinski definition) is 2. The molecule has 322 valence electrons. The van der Waals surface area contributed by atoms with Gasteiger partial charge in [-0.2, -0.15) is 0 Å². The van der Waals surface area contributed by atoms with Crippen molar-refractivity contribution in [2.75, 3.05) is 57.9 Å². The minimum Gasteiger partial charge on any atom is -0.508 e. The average Bonchev–Trinajstić information content (AvgIpc) is 3.80. The summed E-state index contributed by atoms with van der Waals surface area (Å²) in [6.45, 7) is 6.07. The van der Waals surface area contributed by atoms with Crippen LogP contribution >= 0.6 is 0 Å². The van der Waals surface area contributed by atoms with E-state index < -0.39 is 11.9 Å². The third-order valence-corrected chi connectivity index (χ3v) is 15.7. The van der Waals surface area contributed by atoms with E-state index in [1.165, 1.54) is 18.4 Å². The van der Waals surface area contributed by atoms with E-state index in [1.54, 1.807) is 30.2 Å². The fourth-order valence-electron chi connectivity index (χ4n) is 12.3. The smallest absolute Gasteiger partial charge is 0.255 e. The number of benzene rings is 4. The number of ether oxygens (including phenoxy) is 3. The van der Waals surface area contributed by atoms with Crippen LogP contribution in [0.4, 0.5) is 10.1 Å². The predicted molar refractivity (Wildman–Crippen MR) is 230 cm³/mol. The first-order valence-corrected chi connectivity index (χ1v) is 22.4. The quantitative estimate of drug-likeness (QED) is 0.189. The van der Waals surface area contributed by atoms with Crippen molar-refractivity contribution in [3.63, 3.8) is 0 Å². The molecule has 1 unspecified atom stereocenters. The fourth-order valence-corrected chi connectivity index (χ4v) is 12.3. The van der Waals surface area contributed by atoms with Gasteiger partial charge in [-0.15, -0.1) is 0 Å². The third kappa shape index (κ3) is 6.50. The molecule has 4 aromatic carbocycles. The second kappa shape index (κ2) is 15.0. The molecule has 4 aromatic rings. The number of anilines is 1. The molecule has 3 amide bonds. The molecule has 1 saturated carbocycles. The van der Waals surface area contributed by atoms with E-state index >= 15 is 4.39 Å². The summed E-state index contributed by atoms with van der Waals surface area (Å²) in [6, 6.07) is 22.3. The van der Waals surface area contributed by atoms with Gasteiger partial charge >= 0.3 is 0 Å². The zero-order chi connectivity index (χ0) is 42.3. The van der Waals surface area contributed by atoms with Crippen molar-refractivity contribution in [1.82, 2.24) is 15.1 Å². The molecule has 6 heterocycles. The number of carbonyl (C=O) groups is 3. The molecule has 0 bridgehead atoms. The van der Waals surface area contributed by atoms with Gasteiger partial charge in [0.1, 0.15) is 34.9 Å². The Bertz CT molecular complexity index is 2450.